The van der Waals surface area contributed by atoms with E-state index < -0.39 is 0 Å². The van der Waals surface area contributed by atoms with Crippen molar-refractivity contribution in [2.24, 2.45) is 0 Å². The van der Waals surface area contributed by atoms with Gasteiger partial charge in [0.1, 0.15) is 0 Å². The van der Waals surface area contributed by atoms with Gasteiger partial charge in [-0.15, -0.1) is 0 Å². The average molecular weight is 330 g/mol. The molecule has 0 aromatic heterocycles. The highest BCUT2D eigenvalue weighted by Crippen LogP contribution is 2.39. The first-order valence-electron chi connectivity index (χ1n) is 11.8. The summed E-state index contributed by atoms with van der Waals surface area (Å²) in [5.74, 6) is 1.05. The average Bonchev–Trinajstić information content (AvgIpc) is 2.65. The molecule has 0 aliphatic heterocycles. The standard InChI is InChI=1S/C22H44B2/c1-22(19-15-11-7-4-8-12-16-20-22)24-23-21-17-13-9-5-2-3-6-10-14-18-21/h21,23-24H,2-20H2,1H3. The third-order valence-electron chi connectivity index (χ3n) is 7.19. The van der Waals surface area contributed by atoms with Crippen LogP contribution in [0.5, 0.6) is 0 Å². The van der Waals surface area contributed by atoms with Crippen molar-refractivity contribution in [3.05, 3.63) is 0 Å². The highest BCUT2D eigenvalue weighted by atomic mass is 14.2. The second kappa shape index (κ2) is 12.5. The summed E-state index contributed by atoms with van der Waals surface area (Å²) in [5, 5.41) is 0.670. The van der Waals surface area contributed by atoms with Crippen molar-refractivity contribution >= 4 is 14.3 Å². The fraction of sp³-hybridized carbons (Fsp3) is 1.00. The van der Waals surface area contributed by atoms with Crippen molar-refractivity contribution in [3.63, 3.8) is 0 Å². The van der Waals surface area contributed by atoms with Crippen LogP contribution in [0, 0.1) is 0 Å². The van der Waals surface area contributed by atoms with Crippen molar-refractivity contribution in [1.82, 2.24) is 0 Å². The zero-order chi connectivity index (χ0) is 16.9. The van der Waals surface area contributed by atoms with E-state index in [4.69, 9.17) is 0 Å². The molecule has 0 heterocycles. The number of hydrogen-bond acceptors (Lipinski definition) is 0. The molecule has 2 saturated carbocycles. The van der Waals surface area contributed by atoms with Gasteiger partial charge in [-0.2, -0.15) is 0 Å². The van der Waals surface area contributed by atoms with Crippen LogP contribution in [0.2, 0.25) is 11.1 Å². The molecule has 0 saturated heterocycles. The Hall–Kier alpha value is 0.130. The van der Waals surface area contributed by atoms with Crippen molar-refractivity contribution in [2.45, 2.75) is 140 Å². The van der Waals surface area contributed by atoms with Gasteiger partial charge in [0, 0.05) is 0 Å². The molecule has 2 fully saturated rings. The SMILES string of the molecule is CC1(BBC2CCCCCCCCCC2)CCCCCCCCC1. The molecule has 24 heavy (non-hydrogen) atoms. The maximum Gasteiger partial charge on any atom is 0.0945 e. The van der Waals surface area contributed by atoms with E-state index in [1.807, 2.05) is 0 Å². The fourth-order valence-electron chi connectivity index (χ4n) is 5.27. The summed E-state index contributed by atoms with van der Waals surface area (Å²) >= 11 is 0. The van der Waals surface area contributed by atoms with Crippen molar-refractivity contribution in [1.29, 1.82) is 0 Å². The lowest BCUT2D eigenvalue weighted by molar-refractivity contribution is 0.428. The van der Waals surface area contributed by atoms with Gasteiger partial charge in [-0.3, -0.25) is 0 Å². The Morgan fingerprint density at radius 2 is 0.917 bits per heavy atom. The summed E-state index contributed by atoms with van der Waals surface area (Å²) in [6.07, 6.45) is 28.7. The van der Waals surface area contributed by atoms with Gasteiger partial charge < -0.3 is 0 Å². The van der Waals surface area contributed by atoms with Crippen LogP contribution in [0.1, 0.15) is 129 Å². The summed E-state index contributed by atoms with van der Waals surface area (Å²) in [7, 11) is 3.06. The second-order valence-electron chi connectivity index (χ2n) is 9.60. The van der Waals surface area contributed by atoms with Crippen LogP contribution < -0.4 is 0 Å². The summed E-state index contributed by atoms with van der Waals surface area (Å²) in [6.45, 7) is 2.64. The molecule has 2 aliphatic carbocycles. The first-order valence-corrected chi connectivity index (χ1v) is 11.8. The van der Waals surface area contributed by atoms with E-state index in [1.54, 1.807) is 0 Å². The Morgan fingerprint density at radius 1 is 0.542 bits per heavy atom. The van der Waals surface area contributed by atoms with Gasteiger partial charge in [-0.1, -0.05) is 140 Å². The van der Waals surface area contributed by atoms with E-state index >= 15 is 0 Å². The van der Waals surface area contributed by atoms with Gasteiger partial charge in [0.15, 0.2) is 0 Å². The van der Waals surface area contributed by atoms with Gasteiger partial charge in [0.2, 0.25) is 0 Å². The van der Waals surface area contributed by atoms with Gasteiger partial charge in [-0.25, -0.2) is 0 Å². The van der Waals surface area contributed by atoms with E-state index in [9.17, 15) is 0 Å². The minimum absolute atomic E-state index is 0.670. The van der Waals surface area contributed by atoms with E-state index in [2.05, 4.69) is 6.92 Å². The summed E-state index contributed by atoms with van der Waals surface area (Å²) in [6, 6.07) is 0. The zero-order valence-corrected chi connectivity index (χ0v) is 16.9. The third kappa shape index (κ3) is 9.00. The van der Waals surface area contributed by atoms with Gasteiger partial charge >= 0.3 is 0 Å². The van der Waals surface area contributed by atoms with Crippen molar-refractivity contribution in [2.75, 3.05) is 0 Å². The maximum absolute atomic E-state index is 2.64. The van der Waals surface area contributed by atoms with Crippen LogP contribution in [0.25, 0.3) is 0 Å². The fourth-order valence-corrected chi connectivity index (χ4v) is 5.27. The minimum Gasteiger partial charge on any atom is -0.0733 e. The van der Waals surface area contributed by atoms with Crippen LogP contribution in [0.4, 0.5) is 0 Å². The summed E-state index contributed by atoms with van der Waals surface area (Å²) < 4.78 is 0. The topological polar surface area (TPSA) is 0 Å². The molecule has 0 N–H and O–H groups in total. The third-order valence-corrected chi connectivity index (χ3v) is 7.19. The smallest absolute Gasteiger partial charge is 0.0733 e. The van der Waals surface area contributed by atoms with E-state index in [-0.39, 0.29) is 0 Å². The first kappa shape index (κ1) is 20.4. The predicted octanol–water partition coefficient (Wildman–Crippen LogP) is 7.18. The lowest BCUT2D eigenvalue weighted by Crippen LogP contribution is -2.26. The molecule has 2 aliphatic rings. The highest BCUT2D eigenvalue weighted by molar-refractivity contribution is 7.02. The largest absolute Gasteiger partial charge is 0.0945 e. The highest BCUT2D eigenvalue weighted by Gasteiger charge is 2.26. The van der Waals surface area contributed by atoms with Crippen LogP contribution in [-0.4, -0.2) is 14.3 Å². The molecular weight excluding hydrogens is 286 g/mol. The van der Waals surface area contributed by atoms with Crippen LogP contribution >= 0.6 is 0 Å². The molecule has 0 atom stereocenters. The van der Waals surface area contributed by atoms with Gasteiger partial charge in [0.25, 0.3) is 0 Å². The lowest BCUT2D eigenvalue weighted by atomic mass is 9.23. The van der Waals surface area contributed by atoms with Gasteiger partial charge in [-0.05, 0) is 0 Å². The van der Waals surface area contributed by atoms with Crippen LogP contribution in [0.3, 0.4) is 0 Å². The Kier molecular flexibility index (Phi) is 10.6. The minimum atomic E-state index is 0.670. The van der Waals surface area contributed by atoms with Crippen LogP contribution in [0.15, 0.2) is 0 Å². The maximum atomic E-state index is 2.64. The van der Waals surface area contributed by atoms with E-state index in [0.717, 1.165) is 5.82 Å². The Labute approximate surface area is 154 Å². The molecule has 0 spiro atoms. The normalized spacial score (nSPS) is 26.0. The molecule has 2 rings (SSSR count). The quantitative estimate of drug-likeness (QED) is 0.481. The molecule has 0 aromatic rings. The molecule has 0 radical (unpaired) electrons. The molecule has 0 nitrogen and oxygen atoms in total. The molecular formula is C22H44B2. The van der Waals surface area contributed by atoms with E-state index in [1.165, 1.54) is 136 Å². The monoisotopic (exact) mass is 330 g/mol. The second-order valence-corrected chi connectivity index (χ2v) is 9.60. The molecule has 138 valence electrons. The number of hydrogen-bond donors (Lipinski definition) is 0. The summed E-state index contributed by atoms with van der Waals surface area (Å²) in [4.78, 5) is 0. The predicted molar refractivity (Wildman–Crippen MR) is 114 cm³/mol. The molecule has 2 heteroatoms. The lowest BCUT2D eigenvalue weighted by Gasteiger charge is -2.31. The molecule has 0 unspecified atom stereocenters. The van der Waals surface area contributed by atoms with E-state index in [0.29, 0.717) is 5.31 Å². The molecule has 0 bridgehead atoms. The Balaban J connectivity index is 1.77. The van der Waals surface area contributed by atoms with Gasteiger partial charge in [0.05, 0.1) is 14.3 Å². The first-order chi connectivity index (χ1) is 11.8. The Morgan fingerprint density at radius 3 is 1.38 bits per heavy atom. The van der Waals surface area contributed by atoms with Crippen molar-refractivity contribution in [3.8, 4) is 0 Å². The number of rotatable bonds is 3. The Bertz CT molecular complexity index is 280. The molecule has 0 amide bonds. The summed E-state index contributed by atoms with van der Waals surface area (Å²) in [5.41, 5.74) is 0. The van der Waals surface area contributed by atoms with Crippen molar-refractivity contribution < 1.29 is 0 Å². The van der Waals surface area contributed by atoms with Crippen LogP contribution in [-0.2, 0) is 0 Å². The molecule has 0 aromatic carbocycles. The zero-order valence-electron chi connectivity index (χ0n) is 16.9.